The lowest BCUT2D eigenvalue weighted by atomic mass is 10.1. The van der Waals surface area contributed by atoms with Crippen LogP contribution in [0.5, 0.6) is 0 Å². The second-order valence-corrected chi connectivity index (χ2v) is 14.4. The van der Waals surface area contributed by atoms with Crippen LogP contribution in [0.15, 0.2) is 37.5 Å². The molecule has 0 bridgehead atoms. The molecule has 0 radical (unpaired) electrons. The lowest BCUT2D eigenvalue weighted by Gasteiger charge is -2.01. The molecule has 0 spiro atoms. The maximum atomic E-state index is 10.6. The molecule has 0 atom stereocenters. The normalized spacial score (nSPS) is 11.0. The van der Waals surface area contributed by atoms with Gasteiger partial charge in [0, 0.05) is 12.8 Å². The second-order valence-electron chi connectivity index (χ2n) is 14.4. The molecule has 0 aliphatic carbocycles. The van der Waals surface area contributed by atoms with Crippen molar-refractivity contribution in [2.45, 2.75) is 245 Å². The quantitative estimate of drug-likeness (QED) is 0.0495. The molecule has 4 N–H and O–H groups in total. The molecule has 296 valence electrons. The molecular formula is C46H90N2O2. The summed E-state index contributed by atoms with van der Waals surface area (Å²) in [6.07, 6.45) is 55.6. The van der Waals surface area contributed by atoms with Crippen molar-refractivity contribution in [3.8, 4) is 0 Å². The van der Waals surface area contributed by atoms with Crippen molar-refractivity contribution in [1.29, 1.82) is 0 Å². The van der Waals surface area contributed by atoms with Crippen molar-refractivity contribution in [3.05, 3.63) is 37.5 Å². The van der Waals surface area contributed by atoms with Crippen LogP contribution in [0.3, 0.4) is 0 Å². The highest BCUT2D eigenvalue weighted by Gasteiger charge is 1.97. The number of primary amides is 2. The number of carbonyl (C=O) groups is 2. The summed E-state index contributed by atoms with van der Waals surface area (Å²) >= 11 is 0. The number of rotatable bonds is 38. The van der Waals surface area contributed by atoms with Gasteiger partial charge < -0.3 is 11.5 Å². The molecule has 0 fully saturated rings. The van der Waals surface area contributed by atoms with Gasteiger partial charge >= 0.3 is 0 Å². The number of nitrogens with two attached hydrogens (primary N) is 2. The van der Waals surface area contributed by atoms with Crippen LogP contribution in [0.1, 0.15) is 245 Å². The van der Waals surface area contributed by atoms with Crippen molar-refractivity contribution >= 4 is 11.8 Å². The van der Waals surface area contributed by atoms with Crippen molar-refractivity contribution < 1.29 is 9.59 Å². The molecule has 0 unspecified atom stereocenters. The molecule has 0 saturated carbocycles. The Morgan fingerprint density at radius 2 is 0.520 bits per heavy atom. The first-order valence-electron chi connectivity index (χ1n) is 21.9. The monoisotopic (exact) mass is 703 g/mol. The Kier molecular flexibility index (Phi) is 54.1. The summed E-state index contributed by atoms with van der Waals surface area (Å²) in [7, 11) is 0. The zero-order valence-corrected chi connectivity index (χ0v) is 34.2. The molecular weight excluding hydrogens is 613 g/mol. The van der Waals surface area contributed by atoms with E-state index in [9.17, 15) is 9.59 Å². The van der Waals surface area contributed by atoms with Crippen LogP contribution in [0, 0.1) is 0 Å². The summed E-state index contributed by atoms with van der Waals surface area (Å²) in [5, 5.41) is 0. The average Bonchev–Trinajstić information content (AvgIpc) is 3.11. The maximum Gasteiger partial charge on any atom is 0.217 e. The van der Waals surface area contributed by atoms with E-state index in [-0.39, 0.29) is 11.8 Å². The minimum Gasteiger partial charge on any atom is -0.370 e. The number of carbonyl (C=O) groups excluding carboxylic acids is 2. The summed E-state index contributed by atoms with van der Waals surface area (Å²) in [6, 6.07) is 0. The zero-order chi connectivity index (χ0) is 37.4. The summed E-state index contributed by atoms with van der Waals surface area (Å²) in [5.74, 6) is -0.313. The largest absolute Gasteiger partial charge is 0.370 e. The molecule has 0 rings (SSSR count). The predicted molar refractivity (Wildman–Crippen MR) is 225 cm³/mol. The van der Waals surface area contributed by atoms with Crippen LogP contribution in [-0.4, -0.2) is 11.8 Å². The first-order valence-corrected chi connectivity index (χ1v) is 21.9. The van der Waals surface area contributed by atoms with Gasteiger partial charge in [-0.25, -0.2) is 0 Å². The fraction of sp³-hybridized carbons (Fsp3) is 0.826. The Labute approximate surface area is 314 Å². The van der Waals surface area contributed by atoms with E-state index >= 15 is 0 Å². The number of amides is 2. The molecule has 0 saturated heterocycles. The van der Waals surface area contributed by atoms with E-state index < -0.39 is 0 Å². The van der Waals surface area contributed by atoms with Gasteiger partial charge in [0.1, 0.15) is 0 Å². The third-order valence-corrected chi connectivity index (χ3v) is 9.37. The van der Waals surface area contributed by atoms with Gasteiger partial charge in [-0.05, 0) is 64.2 Å². The van der Waals surface area contributed by atoms with Gasteiger partial charge in [0.05, 0.1) is 0 Å². The highest BCUT2D eigenvalue weighted by molar-refractivity contribution is 5.73. The van der Waals surface area contributed by atoms with Crippen molar-refractivity contribution in [3.63, 3.8) is 0 Å². The molecule has 0 aromatic rings. The van der Waals surface area contributed by atoms with Gasteiger partial charge in [-0.3, -0.25) is 9.59 Å². The third kappa shape index (κ3) is 58.4. The SMILES string of the molecule is C=C.CCCCCCCC/C=C\CCCCCCCCCCCC(N)=O.CCCCCCCC/C=C\CCCCCCCCCCCC(N)=O. The Hall–Kier alpha value is -1.84. The minimum absolute atomic E-state index is 0.156. The van der Waals surface area contributed by atoms with E-state index in [4.69, 9.17) is 11.5 Å². The first-order chi connectivity index (χ1) is 24.5. The molecule has 50 heavy (non-hydrogen) atoms. The lowest BCUT2D eigenvalue weighted by molar-refractivity contribution is -0.119. The molecule has 0 aromatic carbocycles. The second kappa shape index (κ2) is 51.5. The van der Waals surface area contributed by atoms with E-state index in [1.165, 1.54) is 193 Å². The Balaban J connectivity index is -0.000000841. The minimum atomic E-state index is -0.156. The molecule has 0 aliphatic heterocycles. The number of allylic oxidation sites excluding steroid dienone is 4. The highest BCUT2D eigenvalue weighted by atomic mass is 16.1. The number of unbranched alkanes of at least 4 members (excludes halogenated alkanes) is 30. The van der Waals surface area contributed by atoms with Crippen LogP contribution in [0.4, 0.5) is 0 Å². The van der Waals surface area contributed by atoms with Crippen molar-refractivity contribution in [2.24, 2.45) is 11.5 Å². The van der Waals surface area contributed by atoms with Crippen LogP contribution in [0.25, 0.3) is 0 Å². The standard InChI is InChI=1S/2C22H43NO.C2H4/c2*1-2-3-4-5-6-7-8-9-10-11-12-13-14-15-16-17-18-19-20-21-22(23)24;1-2/h2*9-10H,2-8,11-21H2,1H3,(H2,23,24);1-2H2/b2*10-9-;. The van der Waals surface area contributed by atoms with E-state index in [2.05, 4.69) is 51.3 Å². The molecule has 0 aliphatic rings. The summed E-state index contributed by atoms with van der Waals surface area (Å²) in [6.45, 7) is 10.6. The van der Waals surface area contributed by atoms with Gasteiger partial charge in [-0.2, -0.15) is 0 Å². The van der Waals surface area contributed by atoms with E-state index in [0.29, 0.717) is 12.8 Å². The first kappa shape index (κ1) is 52.5. The molecule has 0 aromatic heterocycles. The lowest BCUT2D eigenvalue weighted by Crippen LogP contribution is -2.09. The van der Waals surface area contributed by atoms with E-state index in [1.54, 1.807) is 0 Å². The average molecular weight is 703 g/mol. The highest BCUT2D eigenvalue weighted by Crippen LogP contribution is 2.14. The predicted octanol–water partition coefficient (Wildman–Crippen LogP) is 14.9. The zero-order valence-electron chi connectivity index (χ0n) is 34.2. The third-order valence-electron chi connectivity index (χ3n) is 9.37. The maximum absolute atomic E-state index is 10.6. The van der Waals surface area contributed by atoms with Gasteiger partial charge in [-0.15, -0.1) is 13.2 Å². The molecule has 0 heterocycles. The molecule has 4 nitrogen and oxygen atoms in total. The number of hydrogen-bond donors (Lipinski definition) is 2. The van der Waals surface area contributed by atoms with Gasteiger partial charge in [0.2, 0.25) is 11.8 Å². The van der Waals surface area contributed by atoms with Crippen molar-refractivity contribution in [1.82, 2.24) is 0 Å². The van der Waals surface area contributed by atoms with E-state index in [1.807, 2.05) is 0 Å². The van der Waals surface area contributed by atoms with Gasteiger partial charge in [0.15, 0.2) is 0 Å². The van der Waals surface area contributed by atoms with Gasteiger partial charge in [-0.1, -0.05) is 192 Å². The summed E-state index contributed by atoms with van der Waals surface area (Å²) in [4.78, 5) is 21.2. The Morgan fingerprint density at radius 3 is 0.720 bits per heavy atom. The summed E-state index contributed by atoms with van der Waals surface area (Å²) < 4.78 is 0. The summed E-state index contributed by atoms with van der Waals surface area (Å²) in [5.41, 5.74) is 10.3. The Morgan fingerprint density at radius 1 is 0.340 bits per heavy atom. The fourth-order valence-electron chi connectivity index (χ4n) is 6.15. The van der Waals surface area contributed by atoms with Gasteiger partial charge in [0.25, 0.3) is 0 Å². The van der Waals surface area contributed by atoms with Crippen LogP contribution >= 0.6 is 0 Å². The smallest absolute Gasteiger partial charge is 0.217 e. The van der Waals surface area contributed by atoms with Crippen LogP contribution < -0.4 is 11.5 Å². The molecule has 2 amide bonds. The number of hydrogen-bond acceptors (Lipinski definition) is 2. The van der Waals surface area contributed by atoms with Crippen LogP contribution in [-0.2, 0) is 9.59 Å². The Bertz CT molecular complexity index is 644. The fourth-order valence-corrected chi connectivity index (χ4v) is 6.15. The topological polar surface area (TPSA) is 86.2 Å². The van der Waals surface area contributed by atoms with E-state index in [0.717, 1.165) is 25.7 Å². The van der Waals surface area contributed by atoms with Crippen molar-refractivity contribution in [2.75, 3.05) is 0 Å². The molecule has 4 heteroatoms. The van der Waals surface area contributed by atoms with Crippen LogP contribution in [0.2, 0.25) is 0 Å².